The van der Waals surface area contributed by atoms with Gasteiger partial charge in [0.1, 0.15) is 6.61 Å². The van der Waals surface area contributed by atoms with Crippen LogP contribution >= 0.6 is 0 Å². The number of rotatable bonds is 7. The Balaban J connectivity index is 1.34. The van der Waals surface area contributed by atoms with Crippen molar-refractivity contribution in [2.75, 3.05) is 19.6 Å². The van der Waals surface area contributed by atoms with E-state index in [4.69, 9.17) is 4.74 Å². The highest BCUT2D eigenvalue weighted by Crippen LogP contribution is 2.28. The van der Waals surface area contributed by atoms with Gasteiger partial charge in [-0.2, -0.15) is 0 Å². The first kappa shape index (κ1) is 17.9. The Morgan fingerprint density at radius 2 is 1.89 bits per heavy atom. The van der Waals surface area contributed by atoms with E-state index in [2.05, 4.69) is 15.3 Å². The molecule has 3 heterocycles. The van der Waals surface area contributed by atoms with Crippen LogP contribution < -0.4 is 10.1 Å². The molecule has 2 aromatic heterocycles. The minimum Gasteiger partial charge on any atom is -0.486 e. The number of amides is 1. The zero-order valence-corrected chi connectivity index (χ0v) is 15.5. The summed E-state index contributed by atoms with van der Waals surface area (Å²) < 4.78 is 5.88. The van der Waals surface area contributed by atoms with Gasteiger partial charge in [-0.1, -0.05) is 0 Å². The van der Waals surface area contributed by atoms with Crippen LogP contribution in [0.25, 0.3) is 0 Å². The van der Waals surface area contributed by atoms with Gasteiger partial charge in [0.2, 0.25) is 0 Å². The summed E-state index contributed by atoms with van der Waals surface area (Å²) in [6.45, 7) is 3.05. The van der Waals surface area contributed by atoms with Crippen molar-refractivity contribution in [3.63, 3.8) is 0 Å². The standard InChI is InChI=1S/C21H26N4O2/c26-21(25-12-7-18(8-13-25)24-14-16-3-4-16)20-19(2-1-9-23-20)27-15-17-5-10-22-11-6-17/h1-2,5-6,9-11,16,18,24H,3-4,7-8,12-15H2. The van der Waals surface area contributed by atoms with Gasteiger partial charge in [-0.05, 0) is 68.0 Å². The summed E-state index contributed by atoms with van der Waals surface area (Å²) in [5, 5.41) is 3.65. The Morgan fingerprint density at radius 3 is 2.63 bits per heavy atom. The number of pyridine rings is 2. The Labute approximate surface area is 160 Å². The fourth-order valence-corrected chi connectivity index (χ4v) is 3.40. The smallest absolute Gasteiger partial charge is 0.276 e. The highest BCUT2D eigenvalue weighted by molar-refractivity contribution is 5.95. The predicted molar refractivity (Wildman–Crippen MR) is 102 cm³/mol. The van der Waals surface area contributed by atoms with Gasteiger partial charge in [0.25, 0.3) is 5.91 Å². The minimum atomic E-state index is -0.0408. The molecule has 4 rings (SSSR count). The molecule has 1 saturated heterocycles. The highest BCUT2D eigenvalue weighted by atomic mass is 16.5. The van der Waals surface area contributed by atoms with Crippen molar-refractivity contribution in [3.8, 4) is 5.75 Å². The van der Waals surface area contributed by atoms with Crippen LogP contribution in [0.15, 0.2) is 42.9 Å². The van der Waals surface area contributed by atoms with Gasteiger partial charge in [-0.25, -0.2) is 4.98 Å². The highest BCUT2D eigenvalue weighted by Gasteiger charge is 2.28. The van der Waals surface area contributed by atoms with Gasteiger partial charge < -0.3 is 15.0 Å². The Kier molecular flexibility index (Phi) is 5.63. The quantitative estimate of drug-likeness (QED) is 0.816. The molecule has 6 heteroatoms. The maximum Gasteiger partial charge on any atom is 0.276 e. The molecule has 2 fully saturated rings. The molecule has 0 bridgehead atoms. The third kappa shape index (κ3) is 4.83. The third-order valence-electron chi connectivity index (χ3n) is 5.29. The lowest BCUT2D eigenvalue weighted by Gasteiger charge is -2.32. The van der Waals surface area contributed by atoms with E-state index in [0.717, 1.165) is 44.0 Å². The molecule has 0 unspecified atom stereocenters. The van der Waals surface area contributed by atoms with E-state index in [0.29, 0.717) is 24.1 Å². The largest absolute Gasteiger partial charge is 0.486 e. The van der Waals surface area contributed by atoms with Crippen LogP contribution in [0.5, 0.6) is 5.75 Å². The maximum absolute atomic E-state index is 13.0. The van der Waals surface area contributed by atoms with Gasteiger partial charge in [0.05, 0.1) is 0 Å². The van der Waals surface area contributed by atoms with Crippen molar-refractivity contribution < 1.29 is 9.53 Å². The number of nitrogens with zero attached hydrogens (tertiary/aromatic N) is 3. The van der Waals surface area contributed by atoms with Crippen LogP contribution in [-0.2, 0) is 6.61 Å². The van der Waals surface area contributed by atoms with E-state index < -0.39 is 0 Å². The molecular formula is C21H26N4O2. The molecule has 0 atom stereocenters. The number of aromatic nitrogens is 2. The number of ether oxygens (including phenoxy) is 1. The number of hydrogen-bond donors (Lipinski definition) is 1. The van der Waals surface area contributed by atoms with Crippen LogP contribution in [0.1, 0.15) is 41.7 Å². The van der Waals surface area contributed by atoms with E-state index in [1.54, 1.807) is 24.7 Å². The summed E-state index contributed by atoms with van der Waals surface area (Å²) in [7, 11) is 0. The molecule has 1 aliphatic carbocycles. The van der Waals surface area contributed by atoms with Crippen LogP contribution in [0.2, 0.25) is 0 Å². The SMILES string of the molecule is O=C(c1ncccc1OCc1ccncc1)N1CCC(NCC2CC2)CC1. The molecule has 27 heavy (non-hydrogen) atoms. The van der Waals surface area contributed by atoms with Crippen LogP contribution in [0, 0.1) is 5.92 Å². The average molecular weight is 366 g/mol. The molecule has 2 aliphatic rings. The molecule has 1 N–H and O–H groups in total. The zero-order valence-electron chi connectivity index (χ0n) is 15.5. The first-order valence-corrected chi connectivity index (χ1v) is 9.79. The Hall–Kier alpha value is -2.47. The lowest BCUT2D eigenvalue weighted by atomic mass is 10.0. The van der Waals surface area contributed by atoms with Gasteiger partial charge in [-0.3, -0.25) is 9.78 Å². The van der Waals surface area contributed by atoms with Crippen molar-refractivity contribution in [3.05, 3.63) is 54.1 Å². The molecular weight excluding hydrogens is 340 g/mol. The van der Waals surface area contributed by atoms with E-state index in [1.165, 1.54) is 12.8 Å². The van der Waals surface area contributed by atoms with E-state index in [-0.39, 0.29) is 5.91 Å². The Bertz CT molecular complexity index is 756. The van der Waals surface area contributed by atoms with Gasteiger partial charge in [0, 0.05) is 37.7 Å². The molecule has 142 valence electrons. The predicted octanol–water partition coefficient (Wildman–Crippen LogP) is 2.66. The maximum atomic E-state index is 13.0. The van der Waals surface area contributed by atoms with Crippen LogP contribution in [0.4, 0.5) is 0 Å². The lowest BCUT2D eigenvalue weighted by Crippen LogP contribution is -2.45. The summed E-state index contributed by atoms with van der Waals surface area (Å²) in [6, 6.07) is 7.94. The van der Waals surface area contributed by atoms with E-state index in [9.17, 15) is 4.79 Å². The van der Waals surface area contributed by atoms with E-state index >= 15 is 0 Å². The van der Waals surface area contributed by atoms with Crippen molar-refractivity contribution >= 4 is 5.91 Å². The van der Waals surface area contributed by atoms with Crippen molar-refractivity contribution in [2.24, 2.45) is 5.92 Å². The number of carbonyl (C=O) groups is 1. The number of carbonyl (C=O) groups excluding carboxylic acids is 1. The lowest BCUT2D eigenvalue weighted by molar-refractivity contribution is 0.0693. The zero-order chi connectivity index (χ0) is 18.5. The van der Waals surface area contributed by atoms with Crippen molar-refractivity contribution in [1.82, 2.24) is 20.2 Å². The molecule has 6 nitrogen and oxygen atoms in total. The van der Waals surface area contributed by atoms with Gasteiger partial charge >= 0.3 is 0 Å². The summed E-state index contributed by atoms with van der Waals surface area (Å²) in [4.78, 5) is 23.2. The number of piperidine rings is 1. The second kappa shape index (κ2) is 8.48. The number of hydrogen-bond acceptors (Lipinski definition) is 5. The molecule has 1 saturated carbocycles. The molecule has 1 amide bonds. The first-order chi connectivity index (χ1) is 13.3. The third-order valence-corrected chi connectivity index (χ3v) is 5.29. The molecule has 2 aromatic rings. The summed E-state index contributed by atoms with van der Waals surface area (Å²) in [6.07, 6.45) is 9.84. The van der Waals surface area contributed by atoms with E-state index in [1.807, 2.05) is 23.1 Å². The van der Waals surface area contributed by atoms with Crippen LogP contribution in [-0.4, -0.2) is 46.5 Å². The Morgan fingerprint density at radius 1 is 1.11 bits per heavy atom. The number of likely N-dealkylation sites (tertiary alicyclic amines) is 1. The summed E-state index contributed by atoms with van der Waals surface area (Å²) >= 11 is 0. The molecule has 0 spiro atoms. The molecule has 0 radical (unpaired) electrons. The van der Waals surface area contributed by atoms with Gasteiger partial charge in [0.15, 0.2) is 11.4 Å². The molecule has 1 aliphatic heterocycles. The topological polar surface area (TPSA) is 67.3 Å². The average Bonchev–Trinajstić information content (AvgIpc) is 3.56. The minimum absolute atomic E-state index is 0.0408. The fourth-order valence-electron chi connectivity index (χ4n) is 3.40. The van der Waals surface area contributed by atoms with Crippen molar-refractivity contribution in [2.45, 2.75) is 38.3 Å². The normalized spacial score (nSPS) is 17.7. The van der Waals surface area contributed by atoms with Gasteiger partial charge in [-0.15, -0.1) is 0 Å². The fraction of sp³-hybridized carbons (Fsp3) is 0.476. The summed E-state index contributed by atoms with van der Waals surface area (Å²) in [5.74, 6) is 1.38. The molecule has 0 aromatic carbocycles. The summed E-state index contributed by atoms with van der Waals surface area (Å²) in [5.41, 5.74) is 1.41. The second-order valence-corrected chi connectivity index (χ2v) is 7.41. The first-order valence-electron chi connectivity index (χ1n) is 9.79. The van der Waals surface area contributed by atoms with Crippen LogP contribution in [0.3, 0.4) is 0 Å². The van der Waals surface area contributed by atoms with Crippen molar-refractivity contribution in [1.29, 1.82) is 0 Å². The second-order valence-electron chi connectivity index (χ2n) is 7.41. The monoisotopic (exact) mass is 366 g/mol. The number of nitrogens with one attached hydrogen (secondary N) is 1.